The SMILES string of the molecule is CC(C)(C)c1cc[c-]c(-c2[c-]ncc(C(C)(C)C)c2)c1.N#Cc1ccnc(-c2[c-]cc3c(ccc4ccccc43)c2)c1.[Ir+3]. The van der Waals surface area contributed by atoms with E-state index in [-0.39, 0.29) is 30.9 Å². The molecule has 214 valence electrons. The number of rotatable bonds is 2. The average molecular weight is 737 g/mol. The first-order valence-corrected chi connectivity index (χ1v) is 14.1. The van der Waals surface area contributed by atoms with Gasteiger partial charge in [0, 0.05) is 11.8 Å². The minimum absolute atomic E-state index is 0. The van der Waals surface area contributed by atoms with Crippen molar-refractivity contribution < 1.29 is 20.1 Å². The van der Waals surface area contributed by atoms with Gasteiger partial charge in [0.25, 0.3) is 0 Å². The molecule has 0 saturated carbocycles. The van der Waals surface area contributed by atoms with E-state index in [4.69, 9.17) is 5.26 Å². The summed E-state index contributed by atoms with van der Waals surface area (Å²) in [5.41, 5.74) is 7.13. The van der Waals surface area contributed by atoms with Gasteiger partial charge in [0.2, 0.25) is 0 Å². The number of fused-ring (bicyclic) bond motifs is 3. The smallest absolute Gasteiger partial charge is 0.370 e. The maximum absolute atomic E-state index is 9.01. The van der Waals surface area contributed by atoms with Gasteiger partial charge in [-0.05, 0) is 28.0 Å². The van der Waals surface area contributed by atoms with Crippen molar-refractivity contribution in [3.8, 4) is 28.5 Å². The van der Waals surface area contributed by atoms with Gasteiger partial charge in [0.05, 0.1) is 6.07 Å². The predicted octanol–water partition coefficient (Wildman–Crippen LogP) is 9.67. The van der Waals surface area contributed by atoms with Crippen LogP contribution in [-0.4, -0.2) is 9.97 Å². The van der Waals surface area contributed by atoms with Gasteiger partial charge in [-0.15, -0.1) is 46.3 Å². The topological polar surface area (TPSA) is 49.6 Å². The molecule has 0 unspecified atom stereocenters. The second-order valence-electron chi connectivity index (χ2n) is 12.6. The van der Waals surface area contributed by atoms with Crippen LogP contribution >= 0.6 is 0 Å². The van der Waals surface area contributed by atoms with Crippen LogP contribution < -0.4 is 0 Å². The second-order valence-corrected chi connectivity index (χ2v) is 12.6. The maximum atomic E-state index is 9.01. The normalized spacial score (nSPS) is 11.3. The van der Waals surface area contributed by atoms with Crippen LogP contribution in [0.5, 0.6) is 0 Å². The van der Waals surface area contributed by atoms with E-state index < -0.39 is 0 Å². The molecule has 0 spiro atoms. The van der Waals surface area contributed by atoms with Crippen LogP contribution in [0.3, 0.4) is 0 Å². The number of nitriles is 1. The summed E-state index contributed by atoms with van der Waals surface area (Å²) in [7, 11) is 0. The van der Waals surface area contributed by atoms with Crippen molar-refractivity contribution in [2.45, 2.75) is 52.4 Å². The third kappa shape index (κ3) is 7.44. The Hall–Kier alpha value is -4.16. The third-order valence-corrected chi connectivity index (χ3v) is 7.35. The molecule has 0 aliphatic heterocycles. The van der Waals surface area contributed by atoms with Gasteiger partial charge in [0.1, 0.15) is 0 Å². The summed E-state index contributed by atoms with van der Waals surface area (Å²) in [6, 6.07) is 37.4. The fourth-order valence-corrected chi connectivity index (χ4v) is 4.77. The molecule has 0 N–H and O–H groups in total. The summed E-state index contributed by atoms with van der Waals surface area (Å²) < 4.78 is 0. The monoisotopic (exact) mass is 737 g/mol. The molecule has 43 heavy (non-hydrogen) atoms. The first-order valence-electron chi connectivity index (χ1n) is 14.1. The van der Waals surface area contributed by atoms with Gasteiger partial charge >= 0.3 is 20.1 Å². The van der Waals surface area contributed by atoms with Crippen molar-refractivity contribution in [1.82, 2.24) is 9.97 Å². The second kappa shape index (κ2) is 13.0. The molecule has 0 radical (unpaired) electrons. The molecule has 0 saturated heterocycles. The molecule has 0 atom stereocenters. The van der Waals surface area contributed by atoms with E-state index in [1.54, 1.807) is 18.3 Å². The zero-order valence-electron chi connectivity index (χ0n) is 25.4. The van der Waals surface area contributed by atoms with Gasteiger partial charge in [0.15, 0.2) is 0 Å². The number of aromatic nitrogens is 2. The standard InChI is InChI=1S/C20H11N2.C19H23N.Ir/c21-13-14-9-10-22-20(11-14)17-7-8-19-16(12-17)6-5-15-3-1-2-4-18(15)19;1-18(2,3)16-9-7-8-14(10-16)15-11-17(13-20-12-15)19(4,5)6;/h1-6,8-12H;7,9-11,13H,1-6H3;/q-1;-2;+3. The molecule has 4 heteroatoms. The molecule has 3 nitrogen and oxygen atoms in total. The van der Waals surface area contributed by atoms with Crippen molar-refractivity contribution >= 4 is 21.5 Å². The van der Waals surface area contributed by atoms with Crippen LogP contribution in [0.15, 0.2) is 97.3 Å². The first-order chi connectivity index (χ1) is 20.0. The minimum atomic E-state index is 0. The van der Waals surface area contributed by atoms with Gasteiger partial charge in [-0.2, -0.15) is 29.5 Å². The molecule has 2 aromatic heterocycles. The van der Waals surface area contributed by atoms with Gasteiger partial charge in [-0.1, -0.05) is 107 Å². The van der Waals surface area contributed by atoms with Crippen molar-refractivity contribution in [1.29, 1.82) is 5.26 Å². The van der Waals surface area contributed by atoms with E-state index in [9.17, 15) is 0 Å². The number of pyridine rings is 2. The van der Waals surface area contributed by atoms with E-state index in [0.29, 0.717) is 5.56 Å². The van der Waals surface area contributed by atoms with Gasteiger partial charge < -0.3 is 9.97 Å². The van der Waals surface area contributed by atoms with Gasteiger partial charge in [-0.3, -0.25) is 0 Å². The Morgan fingerprint density at radius 3 is 2.16 bits per heavy atom. The zero-order chi connectivity index (χ0) is 29.9. The van der Waals surface area contributed by atoms with Crippen molar-refractivity contribution in [2.75, 3.05) is 0 Å². The average Bonchev–Trinajstić information content (AvgIpc) is 3.00. The molecule has 0 aliphatic rings. The van der Waals surface area contributed by atoms with Crippen LogP contribution in [0.25, 0.3) is 43.9 Å². The molecule has 4 aromatic carbocycles. The van der Waals surface area contributed by atoms with Crippen molar-refractivity contribution in [3.05, 3.63) is 132 Å². The van der Waals surface area contributed by atoms with E-state index >= 15 is 0 Å². The Morgan fingerprint density at radius 2 is 1.42 bits per heavy atom. The fourth-order valence-electron chi connectivity index (χ4n) is 4.77. The molecule has 0 fully saturated rings. The predicted molar refractivity (Wildman–Crippen MR) is 173 cm³/mol. The van der Waals surface area contributed by atoms with Crippen LogP contribution in [0.2, 0.25) is 0 Å². The maximum Gasteiger partial charge on any atom is 3.00 e. The molecule has 6 aromatic rings. The van der Waals surface area contributed by atoms with Crippen LogP contribution in [0.1, 0.15) is 58.2 Å². The van der Waals surface area contributed by atoms with E-state index in [2.05, 4.69) is 124 Å². The quantitative estimate of drug-likeness (QED) is 0.132. The molecule has 0 amide bonds. The number of hydrogen-bond donors (Lipinski definition) is 0. The molecule has 2 heterocycles. The van der Waals surface area contributed by atoms with E-state index in [0.717, 1.165) is 27.8 Å². The Bertz CT molecular complexity index is 1870. The Kier molecular flexibility index (Phi) is 9.61. The zero-order valence-corrected chi connectivity index (χ0v) is 27.8. The Labute approximate surface area is 269 Å². The summed E-state index contributed by atoms with van der Waals surface area (Å²) in [4.78, 5) is 8.62. The summed E-state index contributed by atoms with van der Waals surface area (Å²) in [6.07, 6.45) is 6.65. The Morgan fingerprint density at radius 1 is 0.698 bits per heavy atom. The number of hydrogen-bond acceptors (Lipinski definition) is 3. The van der Waals surface area contributed by atoms with Crippen LogP contribution in [0.4, 0.5) is 0 Å². The summed E-state index contributed by atoms with van der Waals surface area (Å²) in [5.74, 6) is 0. The summed E-state index contributed by atoms with van der Waals surface area (Å²) in [5, 5.41) is 13.8. The Balaban J connectivity index is 0.000000194. The largest absolute Gasteiger partial charge is 3.00 e. The number of benzene rings is 4. The molecule has 6 rings (SSSR count). The van der Waals surface area contributed by atoms with Crippen LogP contribution in [-0.2, 0) is 30.9 Å². The third-order valence-electron chi connectivity index (χ3n) is 7.35. The minimum Gasteiger partial charge on any atom is -0.370 e. The first kappa shape index (κ1) is 31.8. The molecular formula is C39H34IrN3. The van der Waals surface area contributed by atoms with Crippen LogP contribution in [0, 0.1) is 29.7 Å². The van der Waals surface area contributed by atoms with Crippen molar-refractivity contribution in [2.24, 2.45) is 0 Å². The van der Waals surface area contributed by atoms with Crippen molar-refractivity contribution in [3.63, 3.8) is 0 Å². The fraction of sp³-hybridized carbons (Fsp3) is 0.205. The molecule has 0 aliphatic carbocycles. The van der Waals surface area contributed by atoms with E-state index in [1.807, 2.05) is 30.5 Å². The van der Waals surface area contributed by atoms with Gasteiger partial charge in [-0.25, -0.2) is 11.1 Å². The summed E-state index contributed by atoms with van der Waals surface area (Å²) >= 11 is 0. The summed E-state index contributed by atoms with van der Waals surface area (Å²) in [6.45, 7) is 13.3. The molecule has 0 bridgehead atoms. The number of nitrogens with zero attached hydrogens (tertiary/aromatic N) is 3. The molecular weight excluding hydrogens is 703 g/mol. The van der Waals surface area contributed by atoms with E-state index in [1.165, 1.54) is 27.3 Å².